The van der Waals surface area contributed by atoms with Crippen LogP contribution in [0.1, 0.15) is 48.9 Å². The van der Waals surface area contributed by atoms with Gasteiger partial charge in [0, 0.05) is 35.9 Å². The zero-order valence-corrected chi connectivity index (χ0v) is 13.1. The van der Waals surface area contributed by atoms with Gasteiger partial charge in [-0.2, -0.15) is 0 Å². The van der Waals surface area contributed by atoms with Crippen LogP contribution in [-0.2, 0) is 19.4 Å². The summed E-state index contributed by atoms with van der Waals surface area (Å²) in [6.45, 7) is 7.58. The van der Waals surface area contributed by atoms with Crippen molar-refractivity contribution < 1.29 is 5.11 Å². The molecule has 1 unspecified atom stereocenters. The van der Waals surface area contributed by atoms with Gasteiger partial charge in [-0.1, -0.05) is 19.9 Å². The SMILES string of the molecule is Cc1cc2c(n1CCc1cccnc1)CC(C)(C)CC2O. The molecule has 2 aromatic rings. The molecule has 0 saturated heterocycles. The Balaban J connectivity index is 1.86. The lowest BCUT2D eigenvalue weighted by molar-refractivity contribution is 0.0979. The summed E-state index contributed by atoms with van der Waals surface area (Å²) in [6.07, 6.45) is 6.30. The quantitative estimate of drug-likeness (QED) is 0.937. The molecule has 1 aliphatic carbocycles. The minimum Gasteiger partial charge on any atom is -0.388 e. The standard InChI is InChI=1S/C18H24N2O/c1-13-9-15-16(10-18(2,3)11-17(15)21)20(13)8-6-14-5-4-7-19-12-14/h4-5,7,9,12,17,21H,6,8,10-11H2,1-3H3. The second-order valence-electron chi connectivity index (χ2n) is 7.01. The van der Waals surface area contributed by atoms with Crippen molar-refractivity contribution in [1.82, 2.24) is 9.55 Å². The third-order valence-electron chi connectivity index (χ3n) is 4.55. The van der Waals surface area contributed by atoms with Crippen LogP contribution < -0.4 is 0 Å². The Hall–Kier alpha value is -1.61. The Bertz CT molecular complexity index is 628. The van der Waals surface area contributed by atoms with Gasteiger partial charge in [0.1, 0.15) is 0 Å². The van der Waals surface area contributed by atoms with Crippen molar-refractivity contribution in [2.45, 2.75) is 52.7 Å². The topological polar surface area (TPSA) is 38.0 Å². The van der Waals surface area contributed by atoms with Gasteiger partial charge in [0.05, 0.1) is 6.10 Å². The first-order valence-corrected chi connectivity index (χ1v) is 7.72. The van der Waals surface area contributed by atoms with Crippen molar-refractivity contribution in [3.63, 3.8) is 0 Å². The van der Waals surface area contributed by atoms with E-state index in [9.17, 15) is 5.11 Å². The summed E-state index contributed by atoms with van der Waals surface area (Å²) < 4.78 is 2.38. The Labute approximate surface area is 126 Å². The largest absolute Gasteiger partial charge is 0.388 e. The monoisotopic (exact) mass is 284 g/mol. The minimum atomic E-state index is -0.318. The summed E-state index contributed by atoms with van der Waals surface area (Å²) in [5.41, 5.74) is 5.14. The Morgan fingerprint density at radius 2 is 2.24 bits per heavy atom. The van der Waals surface area contributed by atoms with Gasteiger partial charge < -0.3 is 9.67 Å². The van der Waals surface area contributed by atoms with Crippen LogP contribution in [0, 0.1) is 12.3 Å². The van der Waals surface area contributed by atoms with E-state index in [1.807, 2.05) is 18.5 Å². The fourth-order valence-electron chi connectivity index (χ4n) is 3.50. The van der Waals surface area contributed by atoms with Crippen LogP contribution in [-0.4, -0.2) is 14.7 Å². The lowest BCUT2D eigenvalue weighted by atomic mass is 9.75. The molecule has 3 rings (SSSR count). The molecule has 0 aliphatic heterocycles. The van der Waals surface area contributed by atoms with Crippen molar-refractivity contribution in [2.24, 2.45) is 5.41 Å². The molecule has 0 aromatic carbocycles. The van der Waals surface area contributed by atoms with Crippen LogP contribution in [0.15, 0.2) is 30.6 Å². The number of aromatic nitrogens is 2. The number of aliphatic hydroxyl groups excluding tert-OH is 1. The van der Waals surface area contributed by atoms with E-state index in [4.69, 9.17) is 0 Å². The molecule has 0 fully saturated rings. The average molecular weight is 284 g/mol. The predicted molar refractivity (Wildman–Crippen MR) is 84.2 cm³/mol. The first-order chi connectivity index (χ1) is 9.96. The average Bonchev–Trinajstić information content (AvgIpc) is 2.73. The highest BCUT2D eigenvalue weighted by Crippen LogP contribution is 2.41. The van der Waals surface area contributed by atoms with Gasteiger partial charge >= 0.3 is 0 Å². The maximum atomic E-state index is 10.4. The number of aliphatic hydroxyl groups is 1. The minimum absolute atomic E-state index is 0.170. The van der Waals surface area contributed by atoms with Crippen LogP contribution in [0.25, 0.3) is 0 Å². The summed E-state index contributed by atoms with van der Waals surface area (Å²) in [5, 5.41) is 10.4. The molecule has 1 aliphatic rings. The van der Waals surface area contributed by atoms with E-state index in [2.05, 4.69) is 42.5 Å². The molecule has 2 heterocycles. The van der Waals surface area contributed by atoms with Gasteiger partial charge in [0.25, 0.3) is 0 Å². The molecule has 0 bridgehead atoms. The summed E-state index contributed by atoms with van der Waals surface area (Å²) in [7, 11) is 0. The van der Waals surface area contributed by atoms with Crippen molar-refractivity contribution in [3.05, 3.63) is 53.1 Å². The molecule has 0 radical (unpaired) electrons. The molecule has 0 saturated carbocycles. The summed E-state index contributed by atoms with van der Waals surface area (Å²) in [6, 6.07) is 6.27. The Morgan fingerprint density at radius 1 is 1.43 bits per heavy atom. The number of hydrogen-bond acceptors (Lipinski definition) is 2. The lowest BCUT2D eigenvalue weighted by Gasteiger charge is -2.34. The predicted octanol–water partition coefficient (Wildman–Crippen LogP) is 3.44. The van der Waals surface area contributed by atoms with Crippen molar-refractivity contribution >= 4 is 0 Å². The van der Waals surface area contributed by atoms with Crippen molar-refractivity contribution in [2.75, 3.05) is 0 Å². The molecule has 0 amide bonds. The molecule has 1 N–H and O–H groups in total. The van der Waals surface area contributed by atoms with Gasteiger partial charge in [-0.25, -0.2) is 0 Å². The van der Waals surface area contributed by atoms with E-state index in [0.717, 1.165) is 31.4 Å². The molecule has 2 aromatic heterocycles. The molecule has 0 spiro atoms. The number of hydrogen-bond donors (Lipinski definition) is 1. The number of fused-ring (bicyclic) bond motifs is 1. The van der Waals surface area contributed by atoms with Crippen LogP contribution in [0.5, 0.6) is 0 Å². The first kappa shape index (κ1) is 14.3. The summed E-state index contributed by atoms with van der Waals surface area (Å²) in [4.78, 5) is 4.18. The molecule has 1 atom stereocenters. The van der Waals surface area contributed by atoms with Gasteiger partial charge in [0.2, 0.25) is 0 Å². The van der Waals surface area contributed by atoms with Crippen LogP contribution in [0.3, 0.4) is 0 Å². The van der Waals surface area contributed by atoms with Gasteiger partial charge in [-0.3, -0.25) is 4.98 Å². The summed E-state index contributed by atoms with van der Waals surface area (Å²) >= 11 is 0. The zero-order valence-electron chi connectivity index (χ0n) is 13.1. The van der Waals surface area contributed by atoms with E-state index >= 15 is 0 Å². The summed E-state index contributed by atoms with van der Waals surface area (Å²) in [5.74, 6) is 0. The van der Waals surface area contributed by atoms with Gasteiger partial charge in [-0.05, 0) is 49.3 Å². The fraction of sp³-hybridized carbons (Fsp3) is 0.500. The van der Waals surface area contributed by atoms with Gasteiger partial charge in [0.15, 0.2) is 0 Å². The van der Waals surface area contributed by atoms with Crippen LogP contribution >= 0.6 is 0 Å². The zero-order chi connectivity index (χ0) is 15.0. The van der Waals surface area contributed by atoms with E-state index in [0.29, 0.717) is 0 Å². The molecular formula is C18H24N2O. The number of pyridine rings is 1. The van der Waals surface area contributed by atoms with E-state index in [1.165, 1.54) is 17.0 Å². The maximum absolute atomic E-state index is 10.4. The highest BCUT2D eigenvalue weighted by atomic mass is 16.3. The number of rotatable bonds is 3. The number of aryl methyl sites for hydroxylation is 2. The van der Waals surface area contributed by atoms with Gasteiger partial charge in [-0.15, -0.1) is 0 Å². The Morgan fingerprint density at radius 3 is 2.95 bits per heavy atom. The van der Waals surface area contributed by atoms with Crippen molar-refractivity contribution in [1.29, 1.82) is 0 Å². The molecule has 3 heteroatoms. The molecular weight excluding hydrogens is 260 g/mol. The smallest absolute Gasteiger partial charge is 0.0812 e. The molecule has 112 valence electrons. The van der Waals surface area contributed by atoms with Crippen LogP contribution in [0.2, 0.25) is 0 Å². The van der Waals surface area contributed by atoms with E-state index < -0.39 is 0 Å². The molecule has 21 heavy (non-hydrogen) atoms. The lowest BCUT2D eigenvalue weighted by Crippen LogP contribution is -2.27. The maximum Gasteiger partial charge on any atom is 0.0812 e. The number of nitrogens with zero attached hydrogens (tertiary/aromatic N) is 2. The second kappa shape index (κ2) is 5.30. The normalized spacial score (nSPS) is 20.3. The highest BCUT2D eigenvalue weighted by Gasteiger charge is 2.33. The van der Waals surface area contributed by atoms with E-state index in [-0.39, 0.29) is 11.5 Å². The second-order valence-corrected chi connectivity index (χ2v) is 7.01. The fourth-order valence-corrected chi connectivity index (χ4v) is 3.50. The molecule has 3 nitrogen and oxygen atoms in total. The van der Waals surface area contributed by atoms with Crippen LogP contribution in [0.4, 0.5) is 0 Å². The Kier molecular flexibility index (Phi) is 3.62. The highest BCUT2D eigenvalue weighted by molar-refractivity contribution is 5.33. The first-order valence-electron chi connectivity index (χ1n) is 7.72. The third kappa shape index (κ3) is 2.88. The third-order valence-corrected chi connectivity index (χ3v) is 4.55. The van der Waals surface area contributed by atoms with E-state index in [1.54, 1.807) is 0 Å². The van der Waals surface area contributed by atoms with Crippen molar-refractivity contribution in [3.8, 4) is 0 Å².